The number of nitrogens with zero attached hydrogens (tertiary/aromatic N) is 3. The van der Waals surface area contributed by atoms with E-state index in [0.717, 1.165) is 25.9 Å². The van der Waals surface area contributed by atoms with Crippen molar-refractivity contribution in [1.29, 1.82) is 0 Å². The van der Waals surface area contributed by atoms with Gasteiger partial charge in [0, 0.05) is 37.8 Å². The number of para-hydroxylation sites is 1. The molecular weight excluding hydrogens is 334 g/mol. The number of urea groups is 1. The van der Waals surface area contributed by atoms with E-state index in [1.165, 1.54) is 4.90 Å². The molecule has 26 heavy (non-hydrogen) atoms. The number of benzene rings is 1. The number of carbonyl (C=O) groups is 3. The van der Waals surface area contributed by atoms with E-state index in [1.54, 1.807) is 24.3 Å². The lowest BCUT2D eigenvalue weighted by atomic mass is 9.95. The van der Waals surface area contributed by atoms with E-state index in [-0.39, 0.29) is 24.4 Å². The molecule has 0 aromatic heterocycles. The average molecular weight is 359 g/mol. The van der Waals surface area contributed by atoms with Crippen LogP contribution in [0.5, 0.6) is 0 Å². The number of carboxylic acid groups (broad SMARTS) is 1. The smallest absolute Gasteiger partial charge is 0.323 e. The average Bonchev–Trinajstić information content (AvgIpc) is 3.20. The van der Waals surface area contributed by atoms with Crippen LogP contribution in [0.4, 0.5) is 10.5 Å². The number of likely N-dealkylation sites (tertiary alicyclic amines) is 2. The van der Waals surface area contributed by atoms with E-state index in [4.69, 9.17) is 0 Å². The van der Waals surface area contributed by atoms with Gasteiger partial charge in [0.15, 0.2) is 0 Å². The molecule has 1 aromatic rings. The molecule has 0 saturated carbocycles. The maximum Gasteiger partial charge on any atom is 0.323 e. The van der Waals surface area contributed by atoms with Crippen LogP contribution in [0.25, 0.3) is 0 Å². The number of hydrogen-bond donors (Lipinski definition) is 1. The van der Waals surface area contributed by atoms with Gasteiger partial charge in [-0.1, -0.05) is 18.2 Å². The van der Waals surface area contributed by atoms with Crippen LogP contribution >= 0.6 is 0 Å². The molecule has 2 aliphatic rings. The first-order valence-corrected chi connectivity index (χ1v) is 9.18. The van der Waals surface area contributed by atoms with Crippen molar-refractivity contribution in [1.82, 2.24) is 9.80 Å². The minimum absolute atomic E-state index is 0.0684. The van der Waals surface area contributed by atoms with Crippen molar-refractivity contribution in [3.05, 3.63) is 30.3 Å². The molecule has 7 heteroatoms. The minimum atomic E-state index is -1.04. The highest BCUT2D eigenvalue weighted by Gasteiger charge is 2.33. The van der Waals surface area contributed by atoms with E-state index in [0.29, 0.717) is 31.6 Å². The fourth-order valence-corrected chi connectivity index (χ4v) is 3.69. The number of piperidine rings is 1. The highest BCUT2D eigenvalue weighted by molar-refractivity contribution is 5.98. The Kier molecular flexibility index (Phi) is 5.75. The molecule has 0 radical (unpaired) electrons. The van der Waals surface area contributed by atoms with Crippen LogP contribution in [0.15, 0.2) is 30.3 Å². The molecule has 140 valence electrons. The van der Waals surface area contributed by atoms with Crippen molar-refractivity contribution in [3.63, 3.8) is 0 Å². The number of aliphatic carboxylic acids is 1. The fraction of sp³-hybridized carbons (Fsp3) is 0.526. The summed E-state index contributed by atoms with van der Waals surface area (Å²) in [5, 5.41) is 9.18. The van der Waals surface area contributed by atoms with Crippen molar-refractivity contribution in [2.45, 2.75) is 25.7 Å². The Morgan fingerprint density at radius 1 is 0.962 bits per heavy atom. The Hall–Kier alpha value is -2.57. The molecule has 2 aliphatic heterocycles. The number of amides is 3. The highest BCUT2D eigenvalue weighted by Crippen LogP contribution is 2.24. The van der Waals surface area contributed by atoms with E-state index in [2.05, 4.69) is 0 Å². The lowest BCUT2D eigenvalue weighted by molar-refractivity contribution is -0.137. The van der Waals surface area contributed by atoms with Gasteiger partial charge in [0.05, 0.1) is 0 Å². The van der Waals surface area contributed by atoms with Gasteiger partial charge in [-0.05, 0) is 37.8 Å². The molecule has 2 heterocycles. The Morgan fingerprint density at radius 3 is 2.12 bits per heavy atom. The quantitative estimate of drug-likeness (QED) is 0.892. The molecule has 0 atom stereocenters. The van der Waals surface area contributed by atoms with Crippen molar-refractivity contribution in [2.24, 2.45) is 5.92 Å². The maximum absolute atomic E-state index is 12.9. The van der Waals surface area contributed by atoms with Crippen LogP contribution in [0.1, 0.15) is 25.7 Å². The SMILES string of the molecule is O=C(O)CN(C(=O)C1CCN(C(=O)N2CCCC2)CC1)c1ccccc1. The molecule has 0 spiro atoms. The third-order valence-corrected chi connectivity index (χ3v) is 5.12. The molecule has 2 fully saturated rings. The van der Waals surface area contributed by atoms with Gasteiger partial charge in [0.2, 0.25) is 5.91 Å². The van der Waals surface area contributed by atoms with Gasteiger partial charge in [-0.2, -0.15) is 0 Å². The number of hydrogen-bond acceptors (Lipinski definition) is 3. The molecule has 1 aromatic carbocycles. The predicted octanol–water partition coefficient (Wildman–Crippen LogP) is 2.03. The Morgan fingerprint density at radius 2 is 1.54 bits per heavy atom. The Bertz CT molecular complexity index is 650. The van der Waals surface area contributed by atoms with Crippen LogP contribution in [0.2, 0.25) is 0 Å². The monoisotopic (exact) mass is 359 g/mol. The van der Waals surface area contributed by atoms with Gasteiger partial charge in [-0.3, -0.25) is 9.59 Å². The molecule has 0 aliphatic carbocycles. The van der Waals surface area contributed by atoms with Crippen molar-refractivity contribution < 1.29 is 19.5 Å². The second-order valence-corrected chi connectivity index (χ2v) is 6.89. The summed E-state index contributed by atoms with van der Waals surface area (Å²) in [7, 11) is 0. The van der Waals surface area contributed by atoms with Gasteiger partial charge in [0.25, 0.3) is 0 Å². The fourth-order valence-electron chi connectivity index (χ4n) is 3.69. The minimum Gasteiger partial charge on any atom is -0.480 e. The van der Waals surface area contributed by atoms with Gasteiger partial charge in [-0.15, -0.1) is 0 Å². The summed E-state index contributed by atoms with van der Waals surface area (Å²) in [5.74, 6) is -1.46. The third-order valence-electron chi connectivity index (χ3n) is 5.12. The summed E-state index contributed by atoms with van der Waals surface area (Å²) in [6, 6.07) is 8.96. The third kappa shape index (κ3) is 4.15. The second kappa shape index (κ2) is 8.21. The summed E-state index contributed by atoms with van der Waals surface area (Å²) < 4.78 is 0. The maximum atomic E-state index is 12.9. The summed E-state index contributed by atoms with van der Waals surface area (Å²) in [5.41, 5.74) is 0.593. The standard InChI is InChI=1S/C19H25N3O4/c23-17(24)14-22(16-6-2-1-3-7-16)18(25)15-8-12-21(13-9-15)19(26)20-10-4-5-11-20/h1-3,6-7,15H,4-5,8-14H2,(H,23,24). The first-order chi connectivity index (χ1) is 12.6. The Labute approximate surface area is 153 Å². The second-order valence-electron chi connectivity index (χ2n) is 6.89. The van der Waals surface area contributed by atoms with E-state index >= 15 is 0 Å². The molecule has 3 rings (SSSR count). The first-order valence-electron chi connectivity index (χ1n) is 9.18. The van der Waals surface area contributed by atoms with Crippen LogP contribution in [0, 0.1) is 5.92 Å². The predicted molar refractivity (Wildman–Crippen MR) is 96.9 cm³/mol. The van der Waals surface area contributed by atoms with Crippen molar-refractivity contribution >= 4 is 23.6 Å². The van der Waals surface area contributed by atoms with E-state index in [1.807, 2.05) is 15.9 Å². The van der Waals surface area contributed by atoms with Crippen LogP contribution in [-0.4, -0.2) is 65.5 Å². The van der Waals surface area contributed by atoms with E-state index in [9.17, 15) is 19.5 Å². The molecule has 0 unspecified atom stereocenters. The topological polar surface area (TPSA) is 81.2 Å². The molecular formula is C19H25N3O4. The van der Waals surface area contributed by atoms with Crippen LogP contribution in [-0.2, 0) is 9.59 Å². The van der Waals surface area contributed by atoms with Crippen molar-refractivity contribution in [2.75, 3.05) is 37.6 Å². The number of rotatable bonds is 4. The number of carbonyl (C=O) groups excluding carboxylic acids is 2. The lowest BCUT2D eigenvalue weighted by Crippen LogP contribution is -2.49. The van der Waals surface area contributed by atoms with Crippen LogP contribution in [0.3, 0.4) is 0 Å². The molecule has 7 nitrogen and oxygen atoms in total. The molecule has 2 saturated heterocycles. The summed E-state index contributed by atoms with van der Waals surface area (Å²) in [6.45, 7) is 2.37. The van der Waals surface area contributed by atoms with Gasteiger partial charge < -0.3 is 19.8 Å². The zero-order chi connectivity index (χ0) is 18.5. The van der Waals surface area contributed by atoms with Gasteiger partial charge in [-0.25, -0.2) is 4.79 Å². The van der Waals surface area contributed by atoms with Gasteiger partial charge >= 0.3 is 12.0 Å². The van der Waals surface area contributed by atoms with Gasteiger partial charge in [0.1, 0.15) is 6.54 Å². The zero-order valence-electron chi connectivity index (χ0n) is 14.8. The lowest BCUT2D eigenvalue weighted by Gasteiger charge is -2.35. The number of anilines is 1. The summed E-state index contributed by atoms with van der Waals surface area (Å²) in [6.07, 6.45) is 3.26. The summed E-state index contributed by atoms with van der Waals surface area (Å²) >= 11 is 0. The van der Waals surface area contributed by atoms with Crippen molar-refractivity contribution in [3.8, 4) is 0 Å². The van der Waals surface area contributed by atoms with Crippen LogP contribution < -0.4 is 4.90 Å². The highest BCUT2D eigenvalue weighted by atomic mass is 16.4. The number of carboxylic acids is 1. The normalized spacial score (nSPS) is 18.0. The largest absolute Gasteiger partial charge is 0.480 e. The zero-order valence-corrected chi connectivity index (χ0v) is 14.8. The van der Waals surface area contributed by atoms with E-state index < -0.39 is 5.97 Å². The Balaban J connectivity index is 1.62. The molecule has 0 bridgehead atoms. The summed E-state index contributed by atoms with van der Waals surface area (Å²) in [4.78, 5) is 41.6. The molecule has 3 amide bonds. The first kappa shape index (κ1) is 18.2. The molecule has 1 N–H and O–H groups in total.